The Morgan fingerprint density at radius 2 is 1.68 bits per heavy atom. The van der Waals surface area contributed by atoms with Crippen LogP contribution in [0.5, 0.6) is 0 Å². The molecule has 2 aromatic carbocycles. The van der Waals surface area contributed by atoms with Gasteiger partial charge in [0.2, 0.25) is 21.8 Å². The SMILES string of the molecule is CCNC(=O)[C@H](CC)N(Cc1cccc(C)c1)C(=O)CCCN(c1ccc(C)cc1)S(C)(=O)=O. The van der Waals surface area contributed by atoms with E-state index in [1.807, 2.05) is 64.1 Å². The van der Waals surface area contributed by atoms with Crippen LogP contribution in [-0.2, 0) is 26.2 Å². The molecule has 2 aromatic rings. The fourth-order valence-electron chi connectivity index (χ4n) is 3.93. The Morgan fingerprint density at radius 3 is 2.24 bits per heavy atom. The number of carbonyl (C=O) groups excluding carboxylic acids is 2. The van der Waals surface area contributed by atoms with E-state index in [1.54, 1.807) is 17.0 Å². The smallest absolute Gasteiger partial charge is 0.242 e. The summed E-state index contributed by atoms with van der Waals surface area (Å²) in [4.78, 5) is 27.7. The summed E-state index contributed by atoms with van der Waals surface area (Å²) < 4.78 is 26.1. The molecule has 7 nitrogen and oxygen atoms in total. The lowest BCUT2D eigenvalue weighted by molar-refractivity contribution is -0.141. The first-order valence-electron chi connectivity index (χ1n) is 11.7. The molecule has 0 heterocycles. The molecule has 0 aliphatic rings. The third kappa shape index (κ3) is 7.87. The van der Waals surface area contributed by atoms with Crippen LogP contribution in [0.3, 0.4) is 0 Å². The number of nitrogens with zero attached hydrogens (tertiary/aromatic N) is 2. The lowest BCUT2D eigenvalue weighted by Crippen LogP contribution is -2.49. The van der Waals surface area contributed by atoms with Crippen molar-refractivity contribution in [3.8, 4) is 0 Å². The van der Waals surface area contributed by atoms with E-state index in [2.05, 4.69) is 5.32 Å². The van der Waals surface area contributed by atoms with Crippen LogP contribution in [0, 0.1) is 13.8 Å². The molecule has 2 rings (SSSR count). The Hall–Kier alpha value is -2.87. The number of amides is 2. The van der Waals surface area contributed by atoms with Gasteiger partial charge in [0.05, 0.1) is 11.9 Å². The molecule has 8 heteroatoms. The highest BCUT2D eigenvalue weighted by atomic mass is 32.2. The van der Waals surface area contributed by atoms with Gasteiger partial charge in [-0.3, -0.25) is 13.9 Å². The number of rotatable bonds is 12. The molecule has 186 valence electrons. The predicted molar refractivity (Wildman–Crippen MR) is 137 cm³/mol. The molecule has 0 radical (unpaired) electrons. The Balaban J connectivity index is 2.19. The Bertz CT molecular complexity index is 1070. The van der Waals surface area contributed by atoms with E-state index in [4.69, 9.17) is 0 Å². The number of sulfonamides is 1. The molecule has 0 aliphatic heterocycles. The van der Waals surface area contributed by atoms with Gasteiger partial charge >= 0.3 is 0 Å². The number of anilines is 1. The molecule has 1 atom stereocenters. The van der Waals surface area contributed by atoms with Gasteiger partial charge in [-0.2, -0.15) is 0 Å². The normalized spacial score (nSPS) is 12.1. The molecule has 0 aromatic heterocycles. The van der Waals surface area contributed by atoms with Crippen LogP contribution in [0.1, 0.15) is 49.8 Å². The van der Waals surface area contributed by atoms with Crippen molar-refractivity contribution in [1.82, 2.24) is 10.2 Å². The van der Waals surface area contributed by atoms with Crippen molar-refractivity contribution >= 4 is 27.5 Å². The van der Waals surface area contributed by atoms with Gasteiger partial charge in [0.1, 0.15) is 6.04 Å². The van der Waals surface area contributed by atoms with Crippen LogP contribution in [0.25, 0.3) is 0 Å². The number of hydrogen-bond acceptors (Lipinski definition) is 4. The standard InChI is InChI=1S/C26H37N3O4S/c1-6-24(26(31)27-7-2)28(19-22-11-8-10-21(4)18-22)25(30)12-9-17-29(34(5,32)33)23-15-13-20(3)14-16-23/h8,10-11,13-16,18,24H,6-7,9,12,17,19H2,1-5H3,(H,27,31)/t24-/m0/s1. The van der Waals surface area contributed by atoms with Crippen LogP contribution in [0.15, 0.2) is 48.5 Å². The van der Waals surface area contributed by atoms with Gasteiger partial charge in [-0.15, -0.1) is 0 Å². The minimum Gasteiger partial charge on any atom is -0.355 e. The second-order valence-electron chi connectivity index (χ2n) is 8.60. The molecule has 0 aliphatic carbocycles. The highest BCUT2D eigenvalue weighted by Crippen LogP contribution is 2.20. The quantitative estimate of drug-likeness (QED) is 0.493. The Labute approximate surface area is 204 Å². The maximum atomic E-state index is 13.3. The second kappa shape index (κ2) is 12.6. The third-order valence-electron chi connectivity index (χ3n) is 5.65. The average Bonchev–Trinajstić information content (AvgIpc) is 2.76. The van der Waals surface area contributed by atoms with Gasteiger partial charge in [-0.05, 0) is 51.3 Å². The lowest BCUT2D eigenvalue weighted by atomic mass is 10.1. The summed E-state index contributed by atoms with van der Waals surface area (Å²) in [6.45, 7) is 8.66. The summed E-state index contributed by atoms with van der Waals surface area (Å²) in [6.07, 6.45) is 2.14. The molecule has 0 fully saturated rings. The Kier molecular flexibility index (Phi) is 10.1. The molecule has 0 unspecified atom stereocenters. The van der Waals surface area contributed by atoms with Crippen LogP contribution in [0.2, 0.25) is 0 Å². The number of likely N-dealkylation sites (N-methyl/N-ethyl adjacent to an activating group) is 1. The summed E-state index contributed by atoms with van der Waals surface area (Å²) in [7, 11) is -3.50. The topological polar surface area (TPSA) is 86.8 Å². The predicted octanol–water partition coefficient (Wildman–Crippen LogP) is 3.79. The fourth-order valence-corrected chi connectivity index (χ4v) is 4.90. The zero-order valence-electron chi connectivity index (χ0n) is 20.9. The van der Waals surface area contributed by atoms with E-state index in [1.165, 1.54) is 10.6 Å². The van der Waals surface area contributed by atoms with Gasteiger partial charge in [0, 0.05) is 26.1 Å². The number of aryl methyl sites for hydroxylation is 2. The highest BCUT2D eigenvalue weighted by Gasteiger charge is 2.28. The van der Waals surface area contributed by atoms with E-state index >= 15 is 0 Å². The summed E-state index contributed by atoms with van der Waals surface area (Å²) in [5.41, 5.74) is 3.65. The summed E-state index contributed by atoms with van der Waals surface area (Å²) in [6, 6.07) is 14.5. The average molecular weight is 488 g/mol. The van der Waals surface area contributed by atoms with Crippen molar-refractivity contribution in [1.29, 1.82) is 0 Å². The minimum absolute atomic E-state index is 0.138. The van der Waals surface area contributed by atoms with Crippen molar-refractivity contribution in [3.63, 3.8) is 0 Å². The summed E-state index contributed by atoms with van der Waals surface area (Å²) in [5, 5.41) is 2.83. The fraction of sp³-hybridized carbons (Fsp3) is 0.462. The van der Waals surface area contributed by atoms with Crippen molar-refractivity contribution < 1.29 is 18.0 Å². The largest absolute Gasteiger partial charge is 0.355 e. The Morgan fingerprint density at radius 1 is 1.00 bits per heavy atom. The van der Waals surface area contributed by atoms with Gasteiger partial charge in [0.15, 0.2) is 0 Å². The summed E-state index contributed by atoms with van der Waals surface area (Å²) >= 11 is 0. The molecule has 34 heavy (non-hydrogen) atoms. The van der Waals surface area contributed by atoms with E-state index < -0.39 is 16.1 Å². The van der Waals surface area contributed by atoms with Crippen LogP contribution < -0.4 is 9.62 Å². The van der Waals surface area contributed by atoms with Crippen LogP contribution >= 0.6 is 0 Å². The molecule has 0 saturated heterocycles. The van der Waals surface area contributed by atoms with E-state index in [-0.39, 0.29) is 24.8 Å². The van der Waals surface area contributed by atoms with Crippen LogP contribution in [0.4, 0.5) is 5.69 Å². The van der Waals surface area contributed by atoms with Crippen molar-refractivity contribution in [2.75, 3.05) is 23.7 Å². The molecule has 0 spiro atoms. The number of carbonyl (C=O) groups is 2. The van der Waals surface area contributed by atoms with Crippen molar-refractivity contribution in [2.24, 2.45) is 0 Å². The maximum Gasteiger partial charge on any atom is 0.242 e. The van der Waals surface area contributed by atoms with Crippen LogP contribution in [-0.4, -0.2) is 50.5 Å². The highest BCUT2D eigenvalue weighted by molar-refractivity contribution is 7.92. The molecular formula is C26H37N3O4S. The molecule has 0 saturated carbocycles. The van der Waals surface area contributed by atoms with E-state index in [0.29, 0.717) is 31.6 Å². The molecule has 0 bridgehead atoms. The van der Waals surface area contributed by atoms with Gasteiger partial charge in [0.25, 0.3) is 0 Å². The molecule has 2 amide bonds. The zero-order chi connectivity index (χ0) is 25.3. The van der Waals surface area contributed by atoms with Crippen molar-refractivity contribution in [3.05, 3.63) is 65.2 Å². The number of benzene rings is 2. The van der Waals surface area contributed by atoms with E-state index in [9.17, 15) is 18.0 Å². The first-order chi connectivity index (χ1) is 16.1. The lowest BCUT2D eigenvalue weighted by Gasteiger charge is -2.31. The zero-order valence-corrected chi connectivity index (χ0v) is 21.7. The molecule has 1 N–H and O–H groups in total. The number of hydrogen-bond donors (Lipinski definition) is 1. The van der Waals surface area contributed by atoms with Crippen molar-refractivity contribution in [2.45, 2.75) is 59.5 Å². The van der Waals surface area contributed by atoms with E-state index in [0.717, 1.165) is 16.7 Å². The minimum atomic E-state index is -3.50. The first kappa shape index (κ1) is 27.4. The molecular weight excluding hydrogens is 450 g/mol. The third-order valence-corrected chi connectivity index (χ3v) is 6.84. The second-order valence-corrected chi connectivity index (χ2v) is 10.5. The maximum absolute atomic E-state index is 13.3. The van der Waals surface area contributed by atoms with Gasteiger partial charge in [-0.25, -0.2) is 8.42 Å². The van der Waals surface area contributed by atoms with Gasteiger partial charge < -0.3 is 10.2 Å². The number of nitrogens with one attached hydrogen (secondary N) is 1. The monoisotopic (exact) mass is 487 g/mol. The summed E-state index contributed by atoms with van der Waals surface area (Å²) in [5.74, 6) is -0.347. The van der Waals surface area contributed by atoms with Gasteiger partial charge in [-0.1, -0.05) is 54.4 Å². The first-order valence-corrected chi connectivity index (χ1v) is 13.6.